The van der Waals surface area contributed by atoms with E-state index >= 15 is 0 Å². The Morgan fingerprint density at radius 3 is 1.00 bits per heavy atom. The van der Waals surface area contributed by atoms with Gasteiger partial charge in [0.15, 0.2) is 6.10 Å². The minimum atomic E-state index is -0.803. The number of unbranched alkanes of at least 4 members (excludes halogenated alkanes) is 29. The fraction of sp³-hybridized carbons (Fsp3) is 0.687. The summed E-state index contributed by atoms with van der Waals surface area (Å²) in [5.41, 5.74) is 0. The number of carbonyl (C=O) groups is 3. The first-order valence-electron chi connectivity index (χ1n) is 30.5. The lowest BCUT2D eigenvalue weighted by atomic mass is 10.1. The Bertz CT molecular complexity index is 1490. The third-order valence-electron chi connectivity index (χ3n) is 12.9. The van der Waals surface area contributed by atoms with E-state index in [2.05, 4.69) is 130 Å². The van der Waals surface area contributed by atoms with Crippen molar-refractivity contribution in [3.63, 3.8) is 0 Å². The smallest absolute Gasteiger partial charge is 0.306 e. The molecule has 1 unspecified atom stereocenters. The van der Waals surface area contributed by atoms with Crippen LogP contribution in [0.1, 0.15) is 278 Å². The summed E-state index contributed by atoms with van der Waals surface area (Å²) in [5.74, 6) is -0.936. The predicted octanol–water partition coefficient (Wildman–Crippen LogP) is 20.7. The average Bonchev–Trinajstić information content (AvgIpc) is 3.39. The molecular formula is C67H112O6. The van der Waals surface area contributed by atoms with Gasteiger partial charge in [-0.1, -0.05) is 265 Å². The summed E-state index contributed by atoms with van der Waals surface area (Å²) in [4.78, 5) is 38.3. The number of allylic oxidation sites excluding steroid dienone is 18. The Balaban J connectivity index is 4.48. The van der Waals surface area contributed by atoms with E-state index in [0.29, 0.717) is 19.3 Å². The maximum atomic E-state index is 12.9. The van der Waals surface area contributed by atoms with Crippen molar-refractivity contribution in [3.05, 3.63) is 109 Å². The van der Waals surface area contributed by atoms with Crippen molar-refractivity contribution in [3.8, 4) is 0 Å². The number of hydrogen-bond donors (Lipinski definition) is 0. The van der Waals surface area contributed by atoms with Crippen molar-refractivity contribution in [2.45, 2.75) is 284 Å². The summed E-state index contributed by atoms with van der Waals surface area (Å²) in [6.45, 7) is 6.46. The lowest BCUT2D eigenvalue weighted by Crippen LogP contribution is -2.30. The van der Waals surface area contributed by atoms with Crippen molar-refractivity contribution < 1.29 is 28.6 Å². The van der Waals surface area contributed by atoms with Gasteiger partial charge in [0.05, 0.1) is 0 Å². The minimum Gasteiger partial charge on any atom is -0.462 e. The van der Waals surface area contributed by atoms with Crippen LogP contribution in [-0.4, -0.2) is 37.2 Å². The maximum absolute atomic E-state index is 12.9. The van der Waals surface area contributed by atoms with E-state index < -0.39 is 6.10 Å². The SMILES string of the molecule is CC/C=C\C/C=C\C/C=C\CCCCCCCCCCCC(=O)OCC(COC(=O)CCCCCCC/C=C\C=C/CCCCCCCCC)OC(=O)CCCCCCC\C=C/C=C\C=C/C=C\CCCCC. The van der Waals surface area contributed by atoms with Gasteiger partial charge in [-0.25, -0.2) is 0 Å². The van der Waals surface area contributed by atoms with E-state index in [-0.39, 0.29) is 31.1 Å². The molecule has 0 saturated carbocycles. The molecule has 1 atom stereocenters. The minimum absolute atomic E-state index is 0.0970. The molecule has 73 heavy (non-hydrogen) atoms. The molecule has 0 aliphatic heterocycles. The van der Waals surface area contributed by atoms with Gasteiger partial charge in [-0.15, -0.1) is 0 Å². The largest absolute Gasteiger partial charge is 0.462 e. The van der Waals surface area contributed by atoms with E-state index in [4.69, 9.17) is 14.2 Å². The number of rotatable bonds is 54. The zero-order chi connectivity index (χ0) is 52.9. The summed E-state index contributed by atoms with van der Waals surface area (Å²) in [6.07, 6.45) is 82.1. The molecule has 0 N–H and O–H groups in total. The molecule has 6 heteroatoms. The number of ether oxygens (including phenoxy) is 3. The van der Waals surface area contributed by atoms with Crippen LogP contribution in [0.25, 0.3) is 0 Å². The highest BCUT2D eigenvalue weighted by Crippen LogP contribution is 2.15. The molecule has 0 aliphatic rings. The van der Waals surface area contributed by atoms with Gasteiger partial charge in [-0.3, -0.25) is 14.4 Å². The molecule has 0 aromatic carbocycles. The first-order chi connectivity index (χ1) is 36.0. The standard InChI is InChI=1S/C67H112O6/c1-4-7-10-13-16-19-22-25-28-31-34-37-39-42-45-48-51-54-57-60-66(69)72-63-64(73-67(70)61-58-55-52-49-46-43-40-36-33-30-27-24-21-18-15-12-9-6-3)62-71-65(68)59-56-53-50-47-44-41-38-35-32-29-26-23-20-17-14-11-8-5-2/h7,10,16,18-19,21,24-25,27-30,32-33,35-36,38,40,64H,4-6,8-9,11-15,17,20,22-23,26,31,34,37,39,41-63H2,1-3H3/b10-7-,19-16-,21-18-,27-24-,28-25-,32-29-,33-30-,38-35-,40-36-. The zero-order valence-corrected chi connectivity index (χ0v) is 47.6. The summed E-state index contributed by atoms with van der Waals surface area (Å²) in [6, 6.07) is 0. The second kappa shape index (κ2) is 60.6. The van der Waals surface area contributed by atoms with E-state index in [1.165, 1.54) is 116 Å². The fourth-order valence-corrected chi connectivity index (χ4v) is 8.28. The second-order valence-corrected chi connectivity index (χ2v) is 20.0. The van der Waals surface area contributed by atoms with E-state index in [9.17, 15) is 14.4 Å². The molecule has 0 aromatic rings. The van der Waals surface area contributed by atoms with Crippen LogP contribution >= 0.6 is 0 Å². The monoisotopic (exact) mass is 1010 g/mol. The molecule has 0 spiro atoms. The summed E-state index contributed by atoms with van der Waals surface area (Å²) >= 11 is 0. The molecule has 0 heterocycles. The van der Waals surface area contributed by atoms with Gasteiger partial charge in [0, 0.05) is 19.3 Å². The Labute approximate surface area is 450 Å². The summed E-state index contributed by atoms with van der Waals surface area (Å²) < 4.78 is 16.9. The highest BCUT2D eigenvalue weighted by molar-refractivity contribution is 5.71. The van der Waals surface area contributed by atoms with Crippen LogP contribution in [0.3, 0.4) is 0 Å². The van der Waals surface area contributed by atoms with Crippen LogP contribution in [0.2, 0.25) is 0 Å². The van der Waals surface area contributed by atoms with E-state index in [1.54, 1.807) is 0 Å². The first-order valence-corrected chi connectivity index (χ1v) is 30.5. The van der Waals surface area contributed by atoms with Gasteiger partial charge >= 0.3 is 17.9 Å². The quantitative estimate of drug-likeness (QED) is 0.0199. The van der Waals surface area contributed by atoms with E-state index in [0.717, 1.165) is 122 Å². The Morgan fingerprint density at radius 1 is 0.301 bits per heavy atom. The van der Waals surface area contributed by atoms with Crippen LogP contribution in [-0.2, 0) is 28.6 Å². The molecule has 0 radical (unpaired) electrons. The molecule has 0 fully saturated rings. The Hall–Kier alpha value is -3.93. The highest BCUT2D eigenvalue weighted by atomic mass is 16.6. The van der Waals surface area contributed by atoms with Gasteiger partial charge in [0.1, 0.15) is 13.2 Å². The number of hydrogen-bond acceptors (Lipinski definition) is 6. The van der Waals surface area contributed by atoms with Crippen molar-refractivity contribution in [2.24, 2.45) is 0 Å². The molecule has 416 valence electrons. The molecule has 0 amide bonds. The predicted molar refractivity (Wildman–Crippen MR) is 316 cm³/mol. The fourth-order valence-electron chi connectivity index (χ4n) is 8.28. The van der Waals surface area contributed by atoms with Crippen LogP contribution in [0.5, 0.6) is 0 Å². The third-order valence-corrected chi connectivity index (χ3v) is 12.9. The molecule has 0 saturated heterocycles. The van der Waals surface area contributed by atoms with Gasteiger partial charge in [0.25, 0.3) is 0 Å². The topological polar surface area (TPSA) is 78.9 Å². The second-order valence-electron chi connectivity index (χ2n) is 20.0. The first kappa shape index (κ1) is 69.1. The molecule has 6 nitrogen and oxygen atoms in total. The summed E-state index contributed by atoms with van der Waals surface area (Å²) in [5, 5.41) is 0. The lowest BCUT2D eigenvalue weighted by Gasteiger charge is -2.18. The number of carbonyl (C=O) groups excluding carboxylic acids is 3. The molecular weight excluding hydrogens is 901 g/mol. The van der Waals surface area contributed by atoms with Crippen molar-refractivity contribution in [1.29, 1.82) is 0 Å². The van der Waals surface area contributed by atoms with Crippen molar-refractivity contribution in [2.75, 3.05) is 13.2 Å². The van der Waals surface area contributed by atoms with Crippen LogP contribution in [0.15, 0.2) is 109 Å². The van der Waals surface area contributed by atoms with Crippen LogP contribution < -0.4 is 0 Å². The van der Waals surface area contributed by atoms with Gasteiger partial charge in [0.2, 0.25) is 0 Å². The summed E-state index contributed by atoms with van der Waals surface area (Å²) in [7, 11) is 0. The Morgan fingerprint density at radius 2 is 0.589 bits per heavy atom. The van der Waals surface area contributed by atoms with Gasteiger partial charge in [-0.2, -0.15) is 0 Å². The molecule has 0 aromatic heterocycles. The highest BCUT2D eigenvalue weighted by Gasteiger charge is 2.19. The zero-order valence-electron chi connectivity index (χ0n) is 47.6. The Kier molecular flexibility index (Phi) is 57.4. The number of esters is 3. The van der Waals surface area contributed by atoms with Crippen LogP contribution in [0.4, 0.5) is 0 Å². The van der Waals surface area contributed by atoms with Gasteiger partial charge < -0.3 is 14.2 Å². The molecule has 0 aliphatic carbocycles. The van der Waals surface area contributed by atoms with Gasteiger partial charge in [-0.05, 0) is 103 Å². The maximum Gasteiger partial charge on any atom is 0.306 e. The van der Waals surface area contributed by atoms with E-state index in [1.807, 2.05) is 0 Å². The normalized spacial score (nSPS) is 12.9. The average molecular weight is 1010 g/mol. The molecule has 0 rings (SSSR count). The third kappa shape index (κ3) is 58.8. The lowest BCUT2D eigenvalue weighted by molar-refractivity contribution is -0.167. The molecule has 0 bridgehead atoms. The van der Waals surface area contributed by atoms with Crippen LogP contribution in [0, 0.1) is 0 Å². The van der Waals surface area contributed by atoms with Crippen molar-refractivity contribution >= 4 is 17.9 Å². The van der Waals surface area contributed by atoms with Crippen molar-refractivity contribution in [1.82, 2.24) is 0 Å².